The molecule has 1 atom stereocenters. The maximum atomic E-state index is 6.00. The second-order valence-electron chi connectivity index (χ2n) is 3.85. The summed E-state index contributed by atoms with van der Waals surface area (Å²) in [5.74, 6) is 0. The van der Waals surface area contributed by atoms with Crippen LogP contribution >= 0.6 is 22.9 Å². The van der Waals surface area contributed by atoms with Crippen molar-refractivity contribution in [1.82, 2.24) is 10.3 Å². The van der Waals surface area contributed by atoms with Gasteiger partial charge in [-0.1, -0.05) is 30.7 Å². The first-order valence-corrected chi connectivity index (χ1v) is 6.91. The lowest BCUT2D eigenvalue weighted by Crippen LogP contribution is -2.22. The summed E-state index contributed by atoms with van der Waals surface area (Å²) in [6.07, 6.45) is 2.87. The Morgan fingerprint density at radius 1 is 1.47 bits per heavy atom. The Kier molecular flexibility index (Phi) is 4.54. The first-order chi connectivity index (χ1) is 8.29. The van der Waals surface area contributed by atoms with E-state index in [4.69, 9.17) is 11.6 Å². The van der Waals surface area contributed by atoms with Crippen molar-refractivity contribution < 1.29 is 0 Å². The number of thiazole rings is 1. The van der Waals surface area contributed by atoms with Crippen molar-refractivity contribution in [1.29, 1.82) is 0 Å². The summed E-state index contributed by atoms with van der Waals surface area (Å²) in [6, 6.07) is 8.35. The van der Waals surface area contributed by atoms with Gasteiger partial charge in [0.2, 0.25) is 0 Å². The Morgan fingerprint density at radius 2 is 2.35 bits per heavy atom. The molecule has 1 N–H and O–H groups in total. The van der Waals surface area contributed by atoms with E-state index < -0.39 is 0 Å². The highest BCUT2D eigenvalue weighted by Gasteiger charge is 2.12. The third kappa shape index (κ3) is 3.53. The number of rotatable bonds is 5. The van der Waals surface area contributed by atoms with Gasteiger partial charge in [0.25, 0.3) is 0 Å². The fraction of sp³-hybridized carbons (Fsp3) is 0.308. The summed E-state index contributed by atoms with van der Waals surface area (Å²) in [5.41, 5.74) is 3.12. The van der Waals surface area contributed by atoms with Crippen LogP contribution < -0.4 is 5.32 Å². The molecule has 0 fully saturated rings. The minimum absolute atomic E-state index is 0.325. The lowest BCUT2D eigenvalue weighted by atomic mass is 10.1. The van der Waals surface area contributed by atoms with Gasteiger partial charge in [0.1, 0.15) is 0 Å². The molecule has 0 bridgehead atoms. The van der Waals surface area contributed by atoms with Gasteiger partial charge in [-0.2, -0.15) is 0 Å². The molecule has 0 aliphatic carbocycles. The average Bonchev–Trinajstić information content (AvgIpc) is 2.82. The van der Waals surface area contributed by atoms with Gasteiger partial charge in [-0.3, -0.25) is 4.98 Å². The molecule has 0 aliphatic heterocycles. The lowest BCUT2D eigenvalue weighted by molar-refractivity contribution is 0.557. The highest BCUT2D eigenvalue weighted by Crippen LogP contribution is 2.22. The van der Waals surface area contributed by atoms with Crippen molar-refractivity contribution >= 4 is 22.9 Å². The third-order valence-corrected chi connectivity index (χ3v) is 3.70. The first kappa shape index (κ1) is 12.6. The number of aromatic nitrogens is 1. The molecule has 2 nitrogen and oxygen atoms in total. The van der Waals surface area contributed by atoms with Crippen LogP contribution in [0.25, 0.3) is 0 Å². The Morgan fingerprint density at radius 3 is 3.00 bits per heavy atom. The zero-order valence-corrected chi connectivity index (χ0v) is 11.3. The molecule has 1 heterocycles. The van der Waals surface area contributed by atoms with E-state index in [9.17, 15) is 0 Å². The molecule has 1 unspecified atom stereocenters. The quantitative estimate of drug-likeness (QED) is 0.893. The van der Waals surface area contributed by atoms with Gasteiger partial charge in [0.15, 0.2) is 0 Å². The predicted molar refractivity (Wildman–Crippen MR) is 73.7 cm³/mol. The zero-order valence-electron chi connectivity index (χ0n) is 9.69. The summed E-state index contributed by atoms with van der Waals surface area (Å²) in [4.78, 5) is 5.41. The van der Waals surface area contributed by atoms with Crippen LogP contribution in [0.5, 0.6) is 0 Å². The van der Waals surface area contributed by atoms with E-state index in [2.05, 4.69) is 23.3 Å². The van der Waals surface area contributed by atoms with Gasteiger partial charge in [0, 0.05) is 22.1 Å². The largest absolute Gasteiger partial charge is 0.309 e. The van der Waals surface area contributed by atoms with E-state index in [1.807, 2.05) is 29.9 Å². The fourth-order valence-electron chi connectivity index (χ4n) is 1.82. The van der Waals surface area contributed by atoms with E-state index in [1.165, 1.54) is 10.4 Å². The van der Waals surface area contributed by atoms with Gasteiger partial charge in [-0.15, -0.1) is 11.3 Å². The minimum atomic E-state index is 0.325. The molecule has 0 saturated carbocycles. The van der Waals surface area contributed by atoms with Crippen LogP contribution in [0.3, 0.4) is 0 Å². The number of hydrogen-bond donors (Lipinski definition) is 1. The highest BCUT2D eigenvalue weighted by atomic mass is 35.5. The maximum absolute atomic E-state index is 6.00. The van der Waals surface area contributed by atoms with Crippen molar-refractivity contribution in [3.8, 4) is 0 Å². The van der Waals surface area contributed by atoms with Crippen LogP contribution in [0.1, 0.15) is 23.4 Å². The molecule has 2 aromatic rings. The van der Waals surface area contributed by atoms with Gasteiger partial charge >= 0.3 is 0 Å². The molecule has 0 spiro atoms. The summed E-state index contributed by atoms with van der Waals surface area (Å²) in [7, 11) is 0. The van der Waals surface area contributed by atoms with Gasteiger partial charge in [0.05, 0.1) is 5.51 Å². The standard InChI is InChI=1S/C13H15ClN2S/c1-2-16-12(13-8-15-9-17-13)7-10-4-3-5-11(14)6-10/h3-6,8-9,12,16H,2,7H2,1H3. The minimum Gasteiger partial charge on any atom is -0.309 e. The second kappa shape index (κ2) is 6.15. The topological polar surface area (TPSA) is 24.9 Å². The molecule has 0 saturated heterocycles. The number of nitrogens with one attached hydrogen (secondary N) is 1. The van der Waals surface area contributed by atoms with E-state index >= 15 is 0 Å². The number of nitrogens with zero attached hydrogens (tertiary/aromatic N) is 1. The number of benzene rings is 1. The molecule has 17 heavy (non-hydrogen) atoms. The van der Waals surface area contributed by atoms with Crippen LogP contribution in [-0.2, 0) is 6.42 Å². The number of halogens is 1. The summed E-state index contributed by atoms with van der Waals surface area (Å²) < 4.78 is 0. The summed E-state index contributed by atoms with van der Waals surface area (Å²) in [5, 5.41) is 4.27. The molecule has 0 radical (unpaired) electrons. The Bertz CT molecular complexity index is 456. The predicted octanol–water partition coefficient (Wildman–Crippen LogP) is 3.69. The van der Waals surface area contributed by atoms with Crippen molar-refractivity contribution in [3.05, 3.63) is 51.4 Å². The summed E-state index contributed by atoms with van der Waals surface area (Å²) >= 11 is 7.69. The molecular weight excluding hydrogens is 252 g/mol. The second-order valence-corrected chi connectivity index (χ2v) is 5.20. The van der Waals surface area contributed by atoms with E-state index in [-0.39, 0.29) is 0 Å². The van der Waals surface area contributed by atoms with Crippen LogP contribution in [0.4, 0.5) is 0 Å². The normalized spacial score (nSPS) is 12.6. The molecular formula is C13H15ClN2S. The number of likely N-dealkylation sites (N-methyl/N-ethyl adjacent to an activating group) is 1. The molecule has 1 aromatic heterocycles. The van der Waals surface area contributed by atoms with E-state index in [1.54, 1.807) is 11.3 Å². The summed E-state index contributed by atoms with van der Waals surface area (Å²) in [6.45, 7) is 3.06. The van der Waals surface area contributed by atoms with Crippen molar-refractivity contribution in [3.63, 3.8) is 0 Å². The lowest BCUT2D eigenvalue weighted by Gasteiger charge is -2.16. The zero-order chi connectivity index (χ0) is 12.1. The monoisotopic (exact) mass is 266 g/mol. The van der Waals surface area contributed by atoms with E-state index in [0.717, 1.165) is 18.0 Å². The van der Waals surface area contributed by atoms with Gasteiger partial charge in [-0.25, -0.2) is 0 Å². The maximum Gasteiger partial charge on any atom is 0.0794 e. The van der Waals surface area contributed by atoms with Gasteiger partial charge in [-0.05, 0) is 30.7 Å². The van der Waals surface area contributed by atoms with Crippen LogP contribution in [-0.4, -0.2) is 11.5 Å². The Balaban J connectivity index is 2.13. The van der Waals surface area contributed by atoms with Crippen molar-refractivity contribution in [2.45, 2.75) is 19.4 Å². The Hall–Kier alpha value is -0.900. The Labute approximate surface area is 111 Å². The van der Waals surface area contributed by atoms with Gasteiger partial charge < -0.3 is 5.32 Å². The number of hydrogen-bond acceptors (Lipinski definition) is 3. The molecule has 0 aliphatic rings. The fourth-order valence-corrected chi connectivity index (χ4v) is 2.73. The van der Waals surface area contributed by atoms with E-state index in [0.29, 0.717) is 6.04 Å². The molecule has 2 rings (SSSR count). The molecule has 0 amide bonds. The van der Waals surface area contributed by atoms with Crippen LogP contribution in [0, 0.1) is 0 Å². The third-order valence-electron chi connectivity index (χ3n) is 2.57. The highest BCUT2D eigenvalue weighted by molar-refractivity contribution is 7.09. The van der Waals surface area contributed by atoms with Crippen molar-refractivity contribution in [2.24, 2.45) is 0 Å². The SMILES string of the molecule is CCNC(Cc1cccc(Cl)c1)c1cncs1. The molecule has 1 aromatic carbocycles. The van der Waals surface area contributed by atoms with Crippen LogP contribution in [0.2, 0.25) is 5.02 Å². The average molecular weight is 267 g/mol. The van der Waals surface area contributed by atoms with Crippen molar-refractivity contribution in [2.75, 3.05) is 6.54 Å². The first-order valence-electron chi connectivity index (χ1n) is 5.66. The smallest absolute Gasteiger partial charge is 0.0794 e. The molecule has 4 heteroatoms. The molecule has 90 valence electrons. The van der Waals surface area contributed by atoms with Crippen LogP contribution in [0.15, 0.2) is 36.0 Å².